The van der Waals surface area contributed by atoms with Crippen LogP contribution in [-0.4, -0.2) is 50.8 Å². The molecule has 0 radical (unpaired) electrons. The predicted molar refractivity (Wildman–Crippen MR) is 124 cm³/mol. The fourth-order valence-electron chi connectivity index (χ4n) is 4.23. The number of hydrogen-bond acceptors (Lipinski definition) is 4. The van der Waals surface area contributed by atoms with Gasteiger partial charge in [0.15, 0.2) is 0 Å². The van der Waals surface area contributed by atoms with Gasteiger partial charge in [-0.1, -0.05) is 104 Å². The van der Waals surface area contributed by atoms with Gasteiger partial charge in [-0.05, 0) is 12.8 Å². The molecule has 30 heavy (non-hydrogen) atoms. The third-order valence-corrected chi connectivity index (χ3v) is 6.39. The van der Waals surface area contributed by atoms with E-state index in [1.165, 1.54) is 89.9 Å². The van der Waals surface area contributed by atoms with Gasteiger partial charge >= 0.3 is 0 Å². The molecule has 0 unspecified atom stereocenters. The van der Waals surface area contributed by atoms with Crippen LogP contribution in [-0.2, 0) is 18.9 Å². The van der Waals surface area contributed by atoms with E-state index in [-0.39, 0.29) is 24.4 Å². The molecule has 2 heterocycles. The smallest absolute Gasteiger partial charge is 0.115 e. The lowest BCUT2D eigenvalue weighted by molar-refractivity contribution is -0.0938. The van der Waals surface area contributed by atoms with E-state index in [1.54, 1.807) is 0 Å². The van der Waals surface area contributed by atoms with Crippen LogP contribution < -0.4 is 0 Å². The number of rotatable bonds is 23. The molecule has 0 bridgehead atoms. The minimum absolute atomic E-state index is 0.0519. The first kappa shape index (κ1) is 26.1. The first-order valence-electron chi connectivity index (χ1n) is 13.3. The Bertz CT molecular complexity index is 345. The fraction of sp³-hybridized carbons (Fsp3) is 1.00. The van der Waals surface area contributed by atoms with Crippen LogP contribution in [0.1, 0.15) is 117 Å². The maximum Gasteiger partial charge on any atom is 0.115 e. The van der Waals surface area contributed by atoms with Crippen LogP contribution in [0.15, 0.2) is 0 Å². The number of ether oxygens (including phenoxy) is 4. The fourth-order valence-corrected chi connectivity index (χ4v) is 4.23. The summed E-state index contributed by atoms with van der Waals surface area (Å²) in [6.45, 7) is 7.82. The third kappa shape index (κ3) is 12.6. The number of epoxide rings is 2. The lowest BCUT2D eigenvalue weighted by atomic mass is 10.1. The van der Waals surface area contributed by atoms with Crippen molar-refractivity contribution in [1.82, 2.24) is 0 Å². The van der Waals surface area contributed by atoms with E-state index in [2.05, 4.69) is 13.8 Å². The normalized spacial score (nSPS) is 22.2. The van der Waals surface area contributed by atoms with Crippen molar-refractivity contribution in [3.63, 3.8) is 0 Å². The molecule has 0 N–H and O–H groups in total. The lowest BCUT2D eigenvalue weighted by Gasteiger charge is -2.25. The molecule has 2 aliphatic rings. The Hall–Kier alpha value is -0.160. The molecule has 0 aliphatic carbocycles. The molecule has 2 fully saturated rings. The van der Waals surface area contributed by atoms with Crippen molar-refractivity contribution in [2.24, 2.45) is 0 Å². The molecular weight excluding hydrogens is 376 g/mol. The minimum Gasteiger partial charge on any atom is -0.373 e. The highest BCUT2D eigenvalue weighted by atomic mass is 16.6. The van der Waals surface area contributed by atoms with Gasteiger partial charge in [-0.2, -0.15) is 0 Å². The zero-order valence-corrected chi connectivity index (χ0v) is 20.1. The summed E-state index contributed by atoms with van der Waals surface area (Å²) >= 11 is 0. The Kier molecular flexibility index (Phi) is 15.1. The SMILES string of the molecule is CCCCCCCCCCO[C@@H]([C@H](OCCCCCCCCCC)[C@H]1CO1)[C@H]1CO1. The van der Waals surface area contributed by atoms with Crippen molar-refractivity contribution in [2.45, 2.75) is 141 Å². The first-order chi connectivity index (χ1) is 14.9. The van der Waals surface area contributed by atoms with Crippen LogP contribution in [0.3, 0.4) is 0 Å². The van der Waals surface area contributed by atoms with Gasteiger partial charge in [0.1, 0.15) is 24.4 Å². The second kappa shape index (κ2) is 17.4. The van der Waals surface area contributed by atoms with E-state index in [0.29, 0.717) is 0 Å². The third-order valence-electron chi connectivity index (χ3n) is 6.39. The standard InChI is InChI=1S/C26H50O4/c1-3-5-7-9-11-13-15-17-19-27-25(23-21-29-23)26(24-22-30-24)28-20-18-16-14-12-10-8-6-4-2/h23-26H,3-22H2,1-2H3/t23-,24-,25-,26-/m1/s1. The molecule has 0 saturated carbocycles. The molecule has 0 aromatic heterocycles. The molecule has 2 aliphatic heterocycles. The van der Waals surface area contributed by atoms with E-state index < -0.39 is 0 Å². The molecule has 0 aromatic carbocycles. The average Bonchev–Trinajstić information content (AvgIpc) is 3.65. The van der Waals surface area contributed by atoms with Crippen molar-refractivity contribution >= 4 is 0 Å². The Balaban J connectivity index is 1.52. The van der Waals surface area contributed by atoms with Gasteiger partial charge in [0.2, 0.25) is 0 Å². The maximum absolute atomic E-state index is 6.28. The Labute approximate surface area is 186 Å². The van der Waals surface area contributed by atoms with Gasteiger partial charge in [-0.15, -0.1) is 0 Å². The van der Waals surface area contributed by atoms with Crippen molar-refractivity contribution < 1.29 is 18.9 Å². The summed E-state index contributed by atoms with van der Waals surface area (Å²) in [6, 6.07) is 0. The Morgan fingerprint density at radius 2 is 0.833 bits per heavy atom. The van der Waals surface area contributed by atoms with Crippen LogP contribution in [0.25, 0.3) is 0 Å². The summed E-state index contributed by atoms with van der Waals surface area (Å²) in [5, 5.41) is 0. The molecule has 4 nitrogen and oxygen atoms in total. The molecular formula is C26H50O4. The zero-order chi connectivity index (χ0) is 21.3. The molecule has 0 amide bonds. The molecule has 178 valence electrons. The topological polar surface area (TPSA) is 43.5 Å². The summed E-state index contributed by atoms with van der Waals surface area (Å²) in [5.41, 5.74) is 0. The molecule has 0 spiro atoms. The van der Waals surface area contributed by atoms with Crippen LogP contribution in [0.2, 0.25) is 0 Å². The number of hydrogen-bond donors (Lipinski definition) is 0. The largest absolute Gasteiger partial charge is 0.373 e. The summed E-state index contributed by atoms with van der Waals surface area (Å²) in [4.78, 5) is 0. The van der Waals surface area contributed by atoms with Crippen LogP contribution >= 0.6 is 0 Å². The second-order valence-electron chi connectivity index (χ2n) is 9.36. The molecule has 2 rings (SSSR count). The molecule has 2 saturated heterocycles. The van der Waals surface area contributed by atoms with Gasteiger partial charge < -0.3 is 18.9 Å². The highest BCUT2D eigenvalue weighted by molar-refractivity contribution is 4.94. The predicted octanol–water partition coefficient (Wildman–Crippen LogP) is 6.84. The van der Waals surface area contributed by atoms with Gasteiger partial charge in [-0.3, -0.25) is 0 Å². The summed E-state index contributed by atoms with van der Waals surface area (Å²) in [5.74, 6) is 0. The maximum atomic E-state index is 6.28. The van der Waals surface area contributed by atoms with E-state index in [9.17, 15) is 0 Å². The second-order valence-corrected chi connectivity index (χ2v) is 9.36. The monoisotopic (exact) mass is 426 g/mol. The number of unbranched alkanes of at least 4 members (excludes halogenated alkanes) is 14. The Morgan fingerprint density at radius 1 is 0.533 bits per heavy atom. The van der Waals surface area contributed by atoms with Crippen molar-refractivity contribution in [3.05, 3.63) is 0 Å². The van der Waals surface area contributed by atoms with Crippen LogP contribution in [0.4, 0.5) is 0 Å². The molecule has 4 heteroatoms. The molecule has 0 aromatic rings. The van der Waals surface area contributed by atoms with Gasteiger partial charge in [0.05, 0.1) is 13.2 Å². The van der Waals surface area contributed by atoms with Crippen molar-refractivity contribution in [2.75, 3.05) is 26.4 Å². The van der Waals surface area contributed by atoms with Gasteiger partial charge in [0.25, 0.3) is 0 Å². The lowest BCUT2D eigenvalue weighted by Crippen LogP contribution is -2.40. The highest BCUT2D eigenvalue weighted by Crippen LogP contribution is 2.29. The van der Waals surface area contributed by atoms with Crippen LogP contribution in [0, 0.1) is 0 Å². The van der Waals surface area contributed by atoms with Crippen molar-refractivity contribution in [1.29, 1.82) is 0 Å². The molecule has 4 atom stereocenters. The van der Waals surface area contributed by atoms with E-state index >= 15 is 0 Å². The van der Waals surface area contributed by atoms with E-state index in [4.69, 9.17) is 18.9 Å². The zero-order valence-electron chi connectivity index (χ0n) is 20.1. The Morgan fingerprint density at radius 3 is 1.13 bits per heavy atom. The van der Waals surface area contributed by atoms with Crippen molar-refractivity contribution in [3.8, 4) is 0 Å². The highest BCUT2D eigenvalue weighted by Gasteiger charge is 2.47. The summed E-state index contributed by atoms with van der Waals surface area (Å²) < 4.78 is 23.7. The first-order valence-corrected chi connectivity index (χ1v) is 13.3. The van der Waals surface area contributed by atoms with Crippen LogP contribution in [0.5, 0.6) is 0 Å². The summed E-state index contributed by atoms with van der Waals surface area (Å²) in [6.07, 6.45) is 21.8. The van der Waals surface area contributed by atoms with Gasteiger partial charge in [0, 0.05) is 13.2 Å². The van der Waals surface area contributed by atoms with E-state index in [0.717, 1.165) is 39.3 Å². The summed E-state index contributed by atoms with van der Waals surface area (Å²) in [7, 11) is 0. The van der Waals surface area contributed by atoms with E-state index in [1.807, 2.05) is 0 Å². The minimum atomic E-state index is 0.0519. The van der Waals surface area contributed by atoms with Gasteiger partial charge in [-0.25, -0.2) is 0 Å². The quantitative estimate of drug-likeness (QED) is 0.133. The average molecular weight is 427 g/mol.